The molecule has 0 saturated carbocycles. The van der Waals surface area contributed by atoms with Gasteiger partial charge in [0, 0.05) is 0 Å². The quantitative estimate of drug-likeness (QED) is 0.801. The lowest BCUT2D eigenvalue weighted by atomic mass is 10.3. The predicted molar refractivity (Wildman–Crippen MR) is 45.1 cm³/mol. The van der Waals surface area contributed by atoms with Crippen molar-refractivity contribution in [2.75, 3.05) is 5.73 Å². The van der Waals surface area contributed by atoms with Gasteiger partial charge in [0.05, 0.1) is 17.6 Å². The second-order valence-electron chi connectivity index (χ2n) is 2.49. The fourth-order valence-electron chi connectivity index (χ4n) is 0.806. The summed E-state index contributed by atoms with van der Waals surface area (Å²) in [7, 11) is 0. The molecule has 1 aromatic heterocycles. The first-order valence-corrected chi connectivity index (χ1v) is 3.85. The van der Waals surface area contributed by atoms with Gasteiger partial charge in [-0.05, 0) is 6.92 Å². The van der Waals surface area contributed by atoms with E-state index >= 15 is 0 Å². The SMILES string of the molecule is Cc1ncc(N)c(Cl)c1OC(F)(F)F. The van der Waals surface area contributed by atoms with Crippen molar-refractivity contribution in [1.29, 1.82) is 0 Å². The number of anilines is 1. The summed E-state index contributed by atoms with van der Waals surface area (Å²) in [4.78, 5) is 3.59. The van der Waals surface area contributed by atoms with E-state index in [-0.39, 0.29) is 16.4 Å². The van der Waals surface area contributed by atoms with Gasteiger partial charge in [-0.25, -0.2) is 0 Å². The van der Waals surface area contributed by atoms with Gasteiger partial charge in [0.15, 0.2) is 5.75 Å². The monoisotopic (exact) mass is 226 g/mol. The molecule has 0 bridgehead atoms. The van der Waals surface area contributed by atoms with Gasteiger partial charge in [-0.3, -0.25) is 4.98 Å². The summed E-state index contributed by atoms with van der Waals surface area (Å²) in [5.74, 6) is -0.556. The van der Waals surface area contributed by atoms with Crippen LogP contribution in [0.25, 0.3) is 0 Å². The Morgan fingerprint density at radius 2 is 2.07 bits per heavy atom. The van der Waals surface area contributed by atoms with Crippen LogP contribution in [0.3, 0.4) is 0 Å². The molecule has 0 aliphatic heterocycles. The normalized spacial score (nSPS) is 11.5. The average molecular weight is 227 g/mol. The Hall–Kier alpha value is -1.17. The molecule has 1 rings (SSSR count). The molecule has 1 aromatic rings. The van der Waals surface area contributed by atoms with Gasteiger partial charge in [0.1, 0.15) is 5.02 Å². The molecule has 0 spiro atoms. The zero-order valence-corrected chi connectivity index (χ0v) is 7.78. The van der Waals surface area contributed by atoms with Crippen LogP contribution in [0.5, 0.6) is 5.75 Å². The summed E-state index contributed by atoms with van der Waals surface area (Å²) in [6.07, 6.45) is -3.63. The third kappa shape index (κ3) is 2.41. The molecule has 2 N–H and O–H groups in total. The van der Waals surface area contributed by atoms with Gasteiger partial charge in [0.2, 0.25) is 0 Å². The molecule has 0 atom stereocenters. The molecule has 14 heavy (non-hydrogen) atoms. The number of hydrogen-bond acceptors (Lipinski definition) is 3. The number of aryl methyl sites for hydroxylation is 1. The first kappa shape index (κ1) is 10.9. The molecule has 3 nitrogen and oxygen atoms in total. The van der Waals surface area contributed by atoms with Crippen molar-refractivity contribution in [3.8, 4) is 5.75 Å². The summed E-state index contributed by atoms with van der Waals surface area (Å²) < 4.78 is 39.3. The minimum atomic E-state index is -4.80. The third-order valence-corrected chi connectivity index (χ3v) is 1.79. The van der Waals surface area contributed by atoms with Crippen LogP contribution < -0.4 is 10.5 Å². The molecule has 0 saturated heterocycles. The molecule has 78 valence electrons. The number of pyridine rings is 1. The lowest BCUT2D eigenvalue weighted by molar-refractivity contribution is -0.274. The van der Waals surface area contributed by atoms with Crippen LogP contribution in [-0.2, 0) is 0 Å². The first-order valence-electron chi connectivity index (χ1n) is 3.47. The van der Waals surface area contributed by atoms with Gasteiger partial charge in [-0.2, -0.15) is 0 Å². The van der Waals surface area contributed by atoms with Gasteiger partial charge in [-0.15, -0.1) is 13.2 Å². The number of nitrogen functional groups attached to an aromatic ring is 1. The molecule has 7 heteroatoms. The highest BCUT2D eigenvalue weighted by Crippen LogP contribution is 2.35. The highest BCUT2D eigenvalue weighted by Gasteiger charge is 2.33. The number of ether oxygens (including phenoxy) is 1. The van der Waals surface area contributed by atoms with Crippen molar-refractivity contribution < 1.29 is 17.9 Å². The molecule has 0 aliphatic rings. The highest BCUT2D eigenvalue weighted by atomic mass is 35.5. The molecular formula is C7H6ClF3N2O. The second-order valence-corrected chi connectivity index (χ2v) is 2.87. The van der Waals surface area contributed by atoms with E-state index in [1.807, 2.05) is 0 Å². The summed E-state index contributed by atoms with van der Waals surface area (Å²) in [6.45, 7) is 1.34. The Morgan fingerprint density at radius 3 is 2.57 bits per heavy atom. The van der Waals surface area contributed by atoms with Crippen LogP contribution in [0.4, 0.5) is 18.9 Å². The zero-order valence-electron chi connectivity index (χ0n) is 7.02. The van der Waals surface area contributed by atoms with E-state index in [2.05, 4.69) is 9.72 Å². The number of nitrogens with two attached hydrogens (primary N) is 1. The Bertz CT molecular complexity index is 354. The van der Waals surface area contributed by atoms with Crippen LogP contribution in [0.15, 0.2) is 6.20 Å². The second kappa shape index (κ2) is 3.53. The molecule has 0 fully saturated rings. The van der Waals surface area contributed by atoms with Crippen molar-refractivity contribution >= 4 is 17.3 Å². The van der Waals surface area contributed by atoms with E-state index in [1.165, 1.54) is 13.1 Å². The number of rotatable bonds is 1. The maximum Gasteiger partial charge on any atom is 0.573 e. The van der Waals surface area contributed by atoms with E-state index in [9.17, 15) is 13.2 Å². The van der Waals surface area contributed by atoms with Gasteiger partial charge < -0.3 is 10.5 Å². The minimum absolute atomic E-state index is 0.0292. The third-order valence-electron chi connectivity index (χ3n) is 1.40. The topological polar surface area (TPSA) is 48.1 Å². The lowest BCUT2D eigenvalue weighted by Gasteiger charge is -2.12. The highest BCUT2D eigenvalue weighted by molar-refractivity contribution is 6.34. The van der Waals surface area contributed by atoms with E-state index in [0.717, 1.165) is 0 Å². The lowest BCUT2D eigenvalue weighted by Crippen LogP contribution is -2.18. The number of aromatic nitrogens is 1. The minimum Gasteiger partial charge on any atom is -0.402 e. The van der Waals surface area contributed by atoms with Crippen LogP contribution in [-0.4, -0.2) is 11.3 Å². The van der Waals surface area contributed by atoms with Gasteiger partial charge in [0.25, 0.3) is 0 Å². The van der Waals surface area contributed by atoms with Gasteiger partial charge in [-0.1, -0.05) is 11.6 Å². The summed E-state index contributed by atoms with van der Waals surface area (Å²) in [6, 6.07) is 0. The first-order chi connectivity index (χ1) is 6.31. The fraction of sp³-hybridized carbons (Fsp3) is 0.286. The van der Waals surface area contributed by atoms with E-state index in [4.69, 9.17) is 17.3 Å². The standard InChI is InChI=1S/C7H6ClF3N2O/c1-3-6(14-7(9,10)11)5(8)4(12)2-13-3/h2H,12H2,1H3. The largest absolute Gasteiger partial charge is 0.573 e. The smallest absolute Gasteiger partial charge is 0.402 e. The van der Waals surface area contributed by atoms with Crippen LogP contribution in [0, 0.1) is 6.92 Å². The average Bonchev–Trinajstić information content (AvgIpc) is 2.04. The fourth-order valence-corrected chi connectivity index (χ4v) is 1.03. The van der Waals surface area contributed by atoms with E-state index in [1.54, 1.807) is 0 Å². The number of nitrogens with zero attached hydrogens (tertiary/aromatic N) is 1. The summed E-state index contributed by atoms with van der Waals surface area (Å²) in [5.41, 5.74) is 5.24. The predicted octanol–water partition coefficient (Wildman–Crippen LogP) is 2.52. The Kier molecular flexibility index (Phi) is 2.75. The molecule has 0 unspecified atom stereocenters. The summed E-state index contributed by atoms with van der Waals surface area (Å²) in [5, 5.41) is -0.283. The Labute approximate surface area is 82.6 Å². The molecule has 1 heterocycles. The molecule has 0 amide bonds. The molecule has 0 aromatic carbocycles. The molecule has 0 aliphatic carbocycles. The maximum atomic E-state index is 11.9. The molecular weight excluding hydrogens is 221 g/mol. The number of halogens is 4. The van der Waals surface area contributed by atoms with Crippen molar-refractivity contribution in [3.05, 3.63) is 16.9 Å². The zero-order chi connectivity index (χ0) is 10.9. The van der Waals surface area contributed by atoms with Crippen LogP contribution in [0.1, 0.15) is 5.69 Å². The number of hydrogen-bond donors (Lipinski definition) is 1. The van der Waals surface area contributed by atoms with E-state index < -0.39 is 12.1 Å². The Balaban J connectivity index is 3.13. The van der Waals surface area contributed by atoms with Gasteiger partial charge >= 0.3 is 6.36 Å². The van der Waals surface area contributed by atoms with Crippen molar-refractivity contribution in [3.63, 3.8) is 0 Å². The maximum absolute atomic E-state index is 11.9. The molecule has 0 radical (unpaired) electrons. The van der Waals surface area contributed by atoms with Crippen molar-refractivity contribution in [2.45, 2.75) is 13.3 Å². The van der Waals surface area contributed by atoms with Crippen LogP contribution in [0.2, 0.25) is 5.02 Å². The van der Waals surface area contributed by atoms with Crippen molar-refractivity contribution in [2.24, 2.45) is 0 Å². The van der Waals surface area contributed by atoms with E-state index in [0.29, 0.717) is 0 Å². The Morgan fingerprint density at radius 1 is 1.50 bits per heavy atom. The van der Waals surface area contributed by atoms with Crippen molar-refractivity contribution in [1.82, 2.24) is 4.98 Å². The van der Waals surface area contributed by atoms with Crippen LogP contribution >= 0.6 is 11.6 Å². The number of alkyl halides is 3. The summed E-state index contributed by atoms with van der Waals surface area (Å²) >= 11 is 5.51.